The second-order valence-corrected chi connectivity index (χ2v) is 5.90. The normalized spacial score (nSPS) is 21.6. The number of rotatable bonds is 6. The topological polar surface area (TPSA) is 60.2 Å². The molecule has 0 bridgehead atoms. The number of hydrazine groups is 1. The van der Waals surface area contributed by atoms with E-state index >= 15 is 0 Å². The number of nitrogens with two attached hydrogens (primary N) is 1. The minimum absolute atomic E-state index is 0.114. The van der Waals surface area contributed by atoms with Crippen LogP contribution in [0.2, 0.25) is 0 Å². The average molecular weight is 277 g/mol. The van der Waals surface area contributed by atoms with Crippen molar-refractivity contribution < 1.29 is 4.74 Å². The molecule has 0 fully saturated rings. The zero-order valence-electron chi connectivity index (χ0n) is 12.8. The van der Waals surface area contributed by atoms with Gasteiger partial charge in [0, 0.05) is 24.4 Å². The largest absolute Gasteiger partial charge is 0.377 e. The van der Waals surface area contributed by atoms with E-state index in [2.05, 4.69) is 30.3 Å². The highest BCUT2D eigenvalue weighted by Gasteiger charge is 2.35. The van der Waals surface area contributed by atoms with Crippen LogP contribution < -0.4 is 11.3 Å². The lowest BCUT2D eigenvalue weighted by molar-refractivity contribution is -0.00529. The van der Waals surface area contributed by atoms with Gasteiger partial charge in [-0.2, -0.15) is 0 Å². The zero-order valence-corrected chi connectivity index (χ0v) is 12.8. The number of pyridine rings is 1. The summed E-state index contributed by atoms with van der Waals surface area (Å²) in [6.07, 6.45) is 5.43. The fourth-order valence-corrected chi connectivity index (χ4v) is 3.34. The molecule has 0 aliphatic heterocycles. The molecule has 0 amide bonds. The summed E-state index contributed by atoms with van der Waals surface area (Å²) in [5, 5.41) is 0. The summed E-state index contributed by atoms with van der Waals surface area (Å²) < 4.78 is 5.95. The molecule has 0 aromatic carbocycles. The Bertz CT molecular complexity index is 422. The van der Waals surface area contributed by atoms with Crippen molar-refractivity contribution in [1.29, 1.82) is 0 Å². The lowest BCUT2D eigenvalue weighted by atomic mass is 9.78. The maximum absolute atomic E-state index is 5.95. The van der Waals surface area contributed by atoms with E-state index in [1.165, 1.54) is 17.7 Å². The minimum atomic E-state index is 0.114. The van der Waals surface area contributed by atoms with Crippen LogP contribution in [0.15, 0.2) is 18.3 Å². The van der Waals surface area contributed by atoms with Crippen LogP contribution in [-0.2, 0) is 11.2 Å². The van der Waals surface area contributed by atoms with Gasteiger partial charge in [-0.3, -0.25) is 16.3 Å². The van der Waals surface area contributed by atoms with Crippen molar-refractivity contribution in [3.8, 4) is 0 Å². The lowest BCUT2D eigenvalue weighted by Crippen LogP contribution is -2.51. The third kappa shape index (κ3) is 3.19. The van der Waals surface area contributed by atoms with Crippen LogP contribution in [0.5, 0.6) is 0 Å². The van der Waals surface area contributed by atoms with E-state index in [-0.39, 0.29) is 12.1 Å². The molecule has 0 radical (unpaired) electrons. The Morgan fingerprint density at radius 1 is 1.50 bits per heavy atom. The fraction of sp³-hybridized carbons (Fsp3) is 0.688. The van der Waals surface area contributed by atoms with E-state index in [0.29, 0.717) is 18.4 Å². The number of hydrogen-bond acceptors (Lipinski definition) is 4. The summed E-state index contributed by atoms with van der Waals surface area (Å²) in [5.41, 5.74) is 5.58. The molecule has 112 valence electrons. The summed E-state index contributed by atoms with van der Waals surface area (Å²) in [4.78, 5) is 4.62. The van der Waals surface area contributed by atoms with Crippen LogP contribution in [0.25, 0.3) is 0 Å². The third-order valence-electron chi connectivity index (χ3n) is 4.23. The first-order valence-electron chi connectivity index (χ1n) is 7.70. The summed E-state index contributed by atoms with van der Waals surface area (Å²) >= 11 is 0. The van der Waals surface area contributed by atoms with Crippen LogP contribution in [-0.4, -0.2) is 23.7 Å². The Morgan fingerprint density at radius 2 is 2.30 bits per heavy atom. The molecule has 1 aliphatic carbocycles. The molecule has 20 heavy (non-hydrogen) atoms. The van der Waals surface area contributed by atoms with Crippen LogP contribution >= 0.6 is 0 Å². The van der Waals surface area contributed by atoms with Gasteiger partial charge in [0.2, 0.25) is 0 Å². The van der Waals surface area contributed by atoms with Gasteiger partial charge < -0.3 is 4.74 Å². The van der Waals surface area contributed by atoms with Crippen molar-refractivity contribution in [3.05, 3.63) is 29.6 Å². The highest BCUT2D eigenvalue weighted by Crippen LogP contribution is 2.35. The van der Waals surface area contributed by atoms with Crippen molar-refractivity contribution >= 4 is 0 Å². The number of nitrogens with zero attached hydrogens (tertiary/aromatic N) is 1. The predicted molar refractivity (Wildman–Crippen MR) is 81.3 cm³/mol. The molecule has 1 aromatic rings. The van der Waals surface area contributed by atoms with Crippen LogP contribution in [0.3, 0.4) is 0 Å². The fourth-order valence-electron chi connectivity index (χ4n) is 3.34. The summed E-state index contributed by atoms with van der Waals surface area (Å²) in [7, 11) is 0. The zero-order chi connectivity index (χ0) is 14.5. The maximum Gasteiger partial charge on any atom is 0.0770 e. The van der Waals surface area contributed by atoms with Gasteiger partial charge in [-0.15, -0.1) is 0 Å². The highest BCUT2D eigenvalue weighted by molar-refractivity contribution is 5.27. The molecule has 4 heteroatoms. The molecule has 1 aliphatic rings. The van der Waals surface area contributed by atoms with E-state index < -0.39 is 0 Å². The SMILES string of the molecule is CCOC(C(C)C)C(NN)C1CCCc2cccnc21. The van der Waals surface area contributed by atoms with Crippen molar-refractivity contribution in [2.24, 2.45) is 11.8 Å². The number of ether oxygens (including phenoxy) is 1. The molecular weight excluding hydrogens is 250 g/mol. The van der Waals surface area contributed by atoms with Crippen LogP contribution in [0.4, 0.5) is 0 Å². The molecule has 0 spiro atoms. The van der Waals surface area contributed by atoms with Gasteiger partial charge in [0.05, 0.1) is 12.1 Å². The second-order valence-electron chi connectivity index (χ2n) is 5.90. The molecule has 0 saturated carbocycles. The molecule has 0 saturated heterocycles. The first kappa shape index (κ1) is 15.4. The van der Waals surface area contributed by atoms with Crippen LogP contribution in [0, 0.1) is 5.92 Å². The summed E-state index contributed by atoms with van der Waals surface area (Å²) in [6, 6.07) is 4.32. The number of aromatic nitrogens is 1. The second kappa shape index (κ2) is 7.16. The first-order valence-corrected chi connectivity index (χ1v) is 7.70. The molecule has 3 atom stereocenters. The molecular formula is C16H27N3O. The predicted octanol–water partition coefficient (Wildman–Crippen LogP) is 2.39. The first-order chi connectivity index (χ1) is 9.69. The van der Waals surface area contributed by atoms with Gasteiger partial charge in [-0.1, -0.05) is 19.9 Å². The highest BCUT2D eigenvalue weighted by atomic mass is 16.5. The van der Waals surface area contributed by atoms with Crippen molar-refractivity contribution in [2.75, 3.05) is 6.61 Å². The number of nitrogens with one attached hydrogen (secondary N) is 1. The maximum atomic E-state index is 5.95. The van der Waals surface area contributed by atoms with Gasteiger partial charge in [-0.25, -0.2) is 0 Å². The van der Waals surface area contributed by atoms with Gasteiger partial charge in [0.25, 0.3) is 0 Å². The summed E-state index contributed by atoms with van der Waals surface area (Å²) in [6.45, 7) is 7.12. The third-order valence-corrected chi connectivity index (χ3v) is 4.23. The van der Waals surface area contributed by atoms with E-state index in [4.69, 9.17) is 10.6 Å². The standard InChI is InChI=1S/C16H27N3O/c1-4-20-16(11(2)3)15(19-17)13-9-5-7-12-8-6-10-18-14(12)13/h6,8,10-11,13,15-16,19H,4-5,7,9,17H2,1-3H3. The Morgan fingerprint density at radius 3 is 2.95 bits per heavy atom. The number of hydrogen-bond donors (Lipinski definition) is 2. The Hall–Kier alpha value is -0.970. The Labute approximate surface area is 122 Å². The average Bonchev–Trinajstić information content (AvgIpc) is 2.47. The number of aryl methyl sites for hydroxylation is 1. The monoisotopic (exact) mass is 277 g/mol. The molecule has 1 aromatic heterocycles. The smallest absolute Gasteiger partial charge is 0.0770 e. The quantitative estimate of drug-likeness (QED) is 0.619. The van der Waals surface area contributed by atoms with Crippen molar-refractivity contribution in [2.45, 2.75) is 58.1 Å². The molecule has 3 unspecified atom stereocenters. The van der Waals surface area contributed by atoms with Gasteiger partial charge >= 0.3 is 0 Å². The van der Waals surface area contributed by atoms with Crippen molar-refractivity contribution in [1.82, 2.24) is 10.4 Å². The summed E-state index contributed by atoms with van der Waals surface area (Å²) in [5.74, 6) is 6.63. The van der Waals surface area contributed by atoms with Gasteiger partial charge in [0.15, 0.2) is 0 Å². The van der Waals surface area contributed by atoms with E-state index in [0.717, 1.165) is 12.8 Å². The van der Waals surface area contributed by atoms with Gasteiger partial charge in [0.1, 0.15) is 0 Å². The Kier molecular flexibility index (Phi) is 5.52. The van der Waals surface area contributed by atoms with E-state index in [9.17, 15) is 0 Å². The number of fused-ring (bicyclic) bond motifs is 1. The minimum Gasteiger partial charge on any atom is -0.377 e. The molecule has 3 N–H and O–H groups in total. The van der Waals surface area contributed by atoms with Crippen LogP contribution in [0.1, 0.15) is 50.8 Å². The van der Waals surface area contributed by atoms with Gasteiger partial charge in [-0.05, 0) is 43.7 Å². The van der Waals surface area contributed by atoms with Crippen molar-refractivity contribution in [3.63, 3.8) is 0 Å². The lowest BCUT2D eigenvalue weighted by Gasteiger charge is -2.37. The molecule has 1 heterocycles. The van der Waals surface area contributed by atoms with E-state index in [1.54, 1.807) is 0 Å². The Balaban J connectivity index is 2.28. The van der Waals surface area contributed by atoms with E-state index in [1.807, 2.05) is 19.2 Å². The molecule has 2 rings (SSSR count). The molecule has 4 nitrogen and oxygen atoms in total.